The van der Waals surface area contributed by atoms with Gasteiger partial charge in [0.1, 0.15) is 0 Å². The van der Waals surface area contributed by atoms with E-state index >= 15 is 0 Å². The molecule has 0 spiro atoms. The van der Waals surface area contributed by atoms with Crippen molar-refractivity contribution in [3.63, 3.8) is 0 Å². The van der Waals surface area contributed by atoms with Gasteiger partial charge in [0, 0.05) is 56.0 Å². The number of hydrogen-bond donors (Lipinski definition) is 1. The Balaban J connectivity index is 1.49. The largest absolute Gasteiger partial charge is 0.387 e. The lowest BCUT2D eigenvalue weighted by atomic mass is 9.85. The maximum absolute atomic E-state index is 12.3. The minimum atomic E-state index is 0.226. The van der Waals surface area contributed by atoms with Gasteiger partial charge in [0.25, 0.3) is 0 Å². The van der Waals surface area contributed by atoms with E-state index < -0.39 is 0 Å². The average molecular weight is 423 g/mol. The monoisotopic (exact) mass is 422 g/mol. The van der Waals surface area contributed by atoms with Crippen molar-refractivity contribution < 1.29 is 4.79 Å². The van der Waals surface area contributed by atoms with Crippen molar-refractivity contribution in [3.05, 3.63) is 76.0 Å². The summed E-state index contributed by atoms with van der Waals surface area (Å²) in [5.74, 6) is 2.56. The summed E-state index contributed by atoms with van der Waals surface area (Å²) in [5.41, 5.74) is 9.08. The molecule has 0 aliphatic heterocycles. The lowest BCUT2D eigenvalue weighted by molar-refractivity contribution is -0.115. The van der Waals surface area contributed by atoms with Gasteiger partial charge in [-0.2, -0.15) is 11.8 Å². The molecular formula is C26H34N2OS. The quantitative estimate of drug-likeness (QED) is 0.567. The number of rotatable bonds is 8. The maximum atomic E-state index is 12.3. The van der Waals surface area contributed by atoms with E-state index in [9.17, 15) is 4.79 Å². The molecule has 4 heteroatoms. The van der Waals surface area contributed by atoms with E-state index in [1.165, 1.54) is 33.5 Å². The fourth-order valence-electron chi connectivity index (χ4n) is 4.19. The minimum absolute atomic E-state index is 0.226. The summed E-state index contributed by atoms with van der Waals surface area (Å²) in [6.45, 7) is 7.46. The van der Waals surface area contributed by atoms with Gasteiger partial charge >= 0.3 is 0 Å². The standard InChI is InChI=1S/C26H34N2OS/c1-18-12-19(2)26(20(3)13-18)17-30-11-10-27-23-14-22(15-25(29)16-23)21-6-8-24(9-7-21)28(4)5/h6-9,12-13,16,22,27H,10-11,14-15,17H2,1-5H3/t22-/m0/s1. The van der Waals surface area contributed by atoms with Crippen molar-refractivity contribution >= 4 is 23.2 Å². The minimum Gasteiger partial charge on any atom is -0.387 e. The molecule has 0 amide bonds. The number of nitrogens with one attached hydrogen (secondary N) is 1. The number of carbonyl (C=O) groups is 1. The van der Waals surface area contributed by atoms with Gasteiger partial charge < -0.3 is 10.2 Å². The third kappa shape index (κ3) is 5.91. The summed E-state index contributed by atoms with van der Waals surface area (Å²) in [6.07, 6.45) is 3.32. The van der Waals surface area contributed by atoms with Crippen LogP contribution in [0, 0.1) is 20.8 Å². The van der Waals surface area contributed by atoms with Crippen molar-refractivity contribution in [1.29, 1.82) is 0 Å². The molecule has 0 aromatic heterocycles. The molecule has 0 radical (unpaired) electrons. The SMILES string of the molecule is Cc1cc(C)c(CSCCNC2=CC(=O)C[C@@H](c3ccc(N(C)C)cc3)C2)c(C)c1. The smallest absolute Gasteiger partial charge is 0.158 e. The van der Waals surface area contributed by atoms with Crippen LogP contribution < -0.4 is 10.2 Å². The molecule has 0 fully saturated rings. The molecule has 3 rings (SSSR count). The molecule has 160 valence electrons. The Labute approximate surface area is 185 Å². The molecule has 1 aliphatic rings. The van der Waals surface area contributed by atoms with E-state index in [1.54, 1.807) is 0 Å². The van der Waals surface area contributed by atoms with Gasteiger partial charge in [-0.05, 0) is 67.5 Å². The fraction of sp³-hybridized carbons (Fsp3) is 0.423. The molecule has 0 bridgehead atoms. The van der Waals surface area contributed by atoms with Gasteiger partial charge in [0.05, 0.1) is 0 Å². The molecule has 0 heterocycles. The highest BCUT2D eigenvalue weighted by Crippen LogP contribution is 2.31. The normalized spacial score (nSPS) is 16.4. The topological polar surface area (TPSA) is 32.3 Å². The highest BCUT2D eigenvalue weighted by Gasteiger charge is 2.22. The zero-order valence-electron chi connectivity index (χ0n) is 18.9. The molecule has 30 heavy (non-hydrogen) atoms. The van der Waals surface area contributed by atoms with Crippen molar-refractivity contribution in [1.82, 2.24) is 5.32 Å². The molecule has 1 aliphatic carbocycles. The summed E-state index contributed by atoms with van der Waals surface area (Å²) in [5, 5.41) is 3.52. The summed E-state index contributed by atoms with van der Waals surface area (Å²) in [7, 11) is 4.09. The number of benzene rings is 2. The molecular weight excluding hydrogens is 388 g/mol. The van der Waals surface area contributed by atoms with Crippen LogP contribution in [0.4, 0.5) is 5.69 Å². The number of nitrogens with zero attached hydrogens (tertiary/aromatic N) is 1. The van der Waals surface area contributed by atoms with Crippen LogP contribution in [0.15, 0.2) is 48.2 Å². The first-order valence-electron chi connectivity index (χ1n) is 10.7. The summed E-state index contributed by atoms with van der Waals surface area (Å²) in [4.78, 5) is 14.4. The zero-order chi connectivity index (χ0) is 21.7. The molecule has 0 saturated carbocycles. The Kier molecular flexibility index (Phi) is 7.65. The van der Waals surface area contributed by atoms with Gasteiger partial charge in [-0.15, -0.1) is 0 Å². The van der Waals surface area contributed by atoms with Gasteiger partial charge in [0.2, 0.25) is 0 Å². The highest BCUT2D eigenvalue weighted by atomic mass is 32.2. The molecule has 2 aromatic carbocycles. The van der Waals surface area contributed by atoms with Crippen LogP contribution in [0.25, 0.3) is 0 Å². The van der Waals surface area contributed by atoms with E-state index in [1.807, 2.05) is 31.9 Å². The van der Waals surface area contributed by atoms with E-state index in [0.717, 1.165) is 30.2 Å². The molecule has 3 nitrogen and oxygen atoms in total. The predicted molar refractivity (Wildman–Crippen MR) is 131 cm³/mol. The van der Waals surface area contributed by atoms with Crippen LogP contribution in [-0.2, 0) is 10.5 Å². The number of anilines is 1. The number of aryl methyl sites for hydroxylation is 3. The number of ketones is 1. The lowest BCUT2D eigenvalue weighted by Crippen LogP contribution is -2.24. The van der Waals surface area contributed by atoms with E-state index in [2.05, 4.69) is 67.4 Å². The van der Waals surface area contributed by atoms with Crippen LogP contribution in [0.3, 0.4) is 0 Å². The Hall–Kier alpha value is -2.20. The van der Waals surface area contributed by atoms with Crippen molar-refractivity contribution in [3.8, 4) is 0 Å². The van der Waals surface area contributed by atoms with Crippen molar-refractivity contribution in [2.24, 2.45) is 0 Å². The molecule has 2 aromatic rings. The maximum Gasteiger partial charge on any atom is 0.158 e. The second kappa shape index (κ2) is 10.2. The van der Waals surface area contributed by atoms with Crippen LogP contribution in [0.1, 0.15) is 46.6 Å². The summed E-state index contributed by atoms with van der Waals surface area (Å²) in [6, 6.07) is 13.1. The summed E-state index contributed by atoms with van der Waals surface area (Å²) >= 11 is 1.95. The zero-order valence-corrected chi connectivity index (χ0v) is 19.7. The van der Waals surface area contributed by atoms with Crippen LogP contribution in [0.2, 0.25) is 0 Å². The average Bonchev–Trinajstić information content (AvgIpc) is 2.69. The molecule has 0 saturated heterocycles. The molecule has 1 atom stereocenters. The van der Waals surface area contributed by atoms with Gasteiger partial charge in [0.15, 0.2) is 5.78 Å². The third-order valence-corrected chi connectivity index (χ3v) is 6.80. The third-order valence-electron chi connectivity index (χ3n) is 5.82. The number of hydrogen-bond acceptors (Lipinski definition) is 4. The van der Waals surface area contributed by atoms with Crippen LogP contribution in [0.5, 0.6) is 0 Å². The predicted octanol–water partition coefficient (Wildman–Crippen LogP) is 5.53. The second-order valence-corrected chi connectivity index (χ2v) is 9.69. The van der Waals surface area contributed by atoms with Gasteiger partial charge in [-0.3, -0.25) is 4.79 Å². The number of carbonyl (C=O) groups excluding carboxylic acids is 1. The first kappa shape index (κ1) is 22.5. The van der Waals surface area contributed by atoms with E-state index in [0.29, 0.717) is 6.42 Å². The van der Waals surface area contributed by atoms with Crippen molar-refractivity contribution in [2.45, 2.75) is 45.3 Å². The van der Waals surface area contributed by atoms with Crippen LogP contribution in [-0.4, -0.2) is 32.2 Å². The fourth-order valence-corrected chi connectivity index (χ4v) is 5.24. The highest BCUT2D eigenvalue weighted by molar-refractivity contribution is 7.98. The van der Waals surface area contributed by atoms with Crippen molar-refractivity contribution in [2.75, 3.05) is 31.3 Å². The second-order valence-electron chi connectivity index (χ2n) is 8.58. The number of thioether (sulfide) groups is 1. The van der Waals surface area contributed by atoms with E-state index in [-0.39, 0.29) is 11.7 Å². The van der Waals surface area contributed by atoms with Gasteiger partial charge in [-0.1, -0.05) is 29.8 Å². The first-order chi connectivity index (χ1) is 14.3. The molecule has 0 unspecified atom stereocenters. The Morgan fingerprint density at radius 3 is 2.33 bits per heavy atom. The molecule has 1 N–H and O–H groups in total. The Morgan fingerprint density at radius 2 is 1.70 bits per heavy atom. The van der Waals surface area contributed by atoms with Crippen LogP contribution >= 0.6 is 11.8 Å². The Bertz CT molecular complexity index is 892. The first-order valence-corrected chi connectivity index (χ1v) is 11.9. The summed E-state index contributed by atoms with van der Waals surface area (Å²) < 4.78 is 0. The lowest BCUT2D eigenvalue weighted by Gasteiger charge is -2.24. The van der Waals surface area contributed by atoms with Gasteiger partial charge in [-0.25, -0.2) is 0 Å². The van der Waals surface area contributed by atoms with E-state index in [4.69, 9.17) is 0 Å². The Morgan fingerprint density at radius 1 is 1.03 bits per heavy atom. The number of allylic oxidation sites excluding steroid dienone is 2.